The number of methoxy groups -OCH3 is 1. The minimum atomic E-state index is 0.602. The third-order valence-electron chi connectivity index (χ3n) is 3.71. The summed E-state index contributed by atoms with van der Waals surface area (Å²) >= 11 is 1.69. The molecule has 0 N–H and O–H groups in total. The first kappa shape index (κ1) is 16.5. The topological polar surface area (TPSA) is 74.4 Å². The van der Waals surface area contributed by atoms with E-state index in [2.05, 4.69) is 10.1 Å². The van der Waals surface area contributed by atoms with Crippen molar-refractivity contribution in [3.05, 3.63) is 66.4 Å². The molecule has 0 radical (unpaired) electrons. The fourth-order valence-corrected chi connectivity index (χ4v) is 3.20. The lowest BCUT2D eigenvalue weighted by Crippen LogP contribution is -1.85. The summed E-state index contributed by atoms with van der Waals surface area (Å²) in [5.41, 5.74) is 2.66. The van der Waals surface area contributed by atoms with Crippen molar-refractivity contribution in [2.24, 2.45) is 0 Å². The lowest BCUT2D eigenvalue weighted by Gasteiger charge is -1.99. The molecule has 0 aliphatic rings. The van der Waals surface area contributed by atoms with Crippen molar-refractivity contribution < 1.29 is 18.1 Å². The van der Waals surface area contributed by atoms with Crippen LogP contribution in [0.2, 0.25) is 0 Å². The molecule has 0 saturated carbocycles. The van der Waals surface area contributed by atoms with Crippen LogP contribution in [-0.2, 0) is 11.5 Å². The SMILES string of the molecule is COc1ccc(-c2nc(CSCc3cc(-c4ccco4)on3)co2)cc1. The maximum atomic E-state index is 5.57. The highest BCUT2D eigenvalue weighted by Crippen LogP contribution is 2.26. The van der Waals surface area contributed by atoms with Crippen molar-refractivity contribution in [1.82, 2.24) is 10.1 Å². The molecule has 0 spiro atoms. The van der Waals surface area contributed by atoms with Crippen LogP contribution in [0.15, 0.2) is 68.3 Å². The van der Waals surface area contributed by atoms with Gasteiger partial charge < -0.3 is 18.1 Å². The molecule has 0 saturated heterocycles. The van der Waals surface area contributed by atoms with Gasteiger partial charge >= 0.3 is 0 Å². The van der Waals surface area contributed by atoms with Crippen molar-refractivity contribution >= 4 is 11.8 Å². The number of aromatic nitrogens is 2. The van der Waals surface area contributed by atoms with E-state index in [1.807, 2.05) is 42.5 Å². The molecule has 0 unspecified atom stereocenters. The number of rotatable bonds is 7. The number of hydrogen-bond acceptors (Lipinski definition) is 7. The Bertz CT molecular complexity index is 958. The molecule has 0 aliphatic carbocycles. The number of hydrogen-bond donors (Lipinski definition) is 0. The summed E-state index contributed by atoms with van der Waals surface area (Å²) in [5.74, 6) is 4.16. The van der Waals surface area contributed by atoms with Gasteiger partial charge in [-0.05, 0) is 36.4 Å². The van der Waals surface area contributed by atoms with Crippen molar-refractivity contribution in [2.45, 2.75) is 11.5 Å². The predicted octanol–water partition coefficient (Wildman–Crippen LogP) is 5.03. The maximum absolute atomic E-state index is 5.57. The Labute approximate surface area is 154 Å². The number of ether oxygens (including phenoxy) is 1. The zero-order valence-electron chi connectivity index (χ0n) is 14.0. The van der Waals surface area contributed by atoms with E-state index in [1.165, 1.54) is 0 Å². The molecular formula is C19H16N2O4S. The van der Waals surface area contributed by atoms with Gasteiger partial charge in [0, 0.05) is 23.1 Å². The van der Waals surface area contributed by atoms with Crippen LogP contribution < -0.4 is 4.74 Å². The summed E-state index contributed by atoms with van der Waals surface area (Å²) in [5, 5.41) is 4.06. The molecule has 3 heterocycles. The van der Waals surface area contributed by atoms with E-state index in [9.17, 15) is 0 Å². The van der Waals surface area contributed by atoms with Gasteiger partial charge in [0.15, 0.2) is 5.76 Å². The lowest BCUT2D eigenvalue weighted by molar-refractivity contribution is 0.413. The first-order valence-electron chi connectivity index (χ1n) is 7.98. The van der Waals surface area contributed by atoms with E-state index in [-0.39, 0.29) is 0 Å². The van der Waals surface area contributed by atoms with Crippen molar-refractivity contribution in [3.63, 3.8) is 0 Å². The van der Waals surface area contributed by atoms with Gasteiger partial charge in [-0.15, -0.1) is 11.8 Å². The second-order valence-corrected chi connectivity index (χ2v) is 6.51. The van der Waals surface area contributed by atoms with Gasteiger partial charge in [0.2, 0.25) is 11.7 Å². The molecule has 1 aromatic carbocycles. The Balaban J connectivity index is 1.33. The van der Waals surface area contributed by atoms with Crippen molar-refractivity contribution in [1.29, 1.82) is 0 Å². The van der Waals surface area contributed by atoms with E-state index in [0.717, 1.165) is 34.2 Å². The van der Waals surface area contributed by atoms with Gasteiger partial charge in [0.25, 0.3) is 0 Å². The van der Waals surface area contributed by atoms with E-state index < -0.39 is 0 Å². The fraction of sp³-hybridized carbons (Fsp3) is 0.158. The molecule has 4 aromatic rings. The fourth-order valence-electron chi connectivity index (χ4n) is 2.41. The summed E-state index contributed by atoms with van der Waals surface area (Å²) in [7, 11) is 1.64. The Morgan fingerprint density at radius 3 is 2.62 bits per heavy atom. The highest BCUT2D eigenvalue weighted by Gasteiger charge is 2.10. The first-order valence-corrected chi connectivity index (χ1v) is 9.13. The summed E-state index contributed by atoms with van der Waals surface area (Å²) < 4.78 is 21.3. The van der Waals surface area contributed by atoms with Crippen molar-refractivity contribution in [2.75, 3.05) is 7.11 Å². The zero-order valence-corrected chi connectivity index (χ0v) is 14.9. The molecule has 0 amide bonds. The Kier molecular flexibility index (Phi) is 4.79. The normalized spacial score (nSPS) is 11.0. The number of furan rings is 1. The van der Waals surface area contributed by atoms with Gasteiger partial charge in [-0.3, -0.25) is 0 Å². The number of nitrogens with zero attached hydrogens (tertiary/aromatic N) is 2. The predicted molar refractivity (Wildman–Crippen MR) is 97.7 cm³/mol. The quantitative estimate of drug-likeness (QED) is 0.453. The first-order chi connectivity index (χ1) is 12.8. The summed E-state index contributed by atoms with van der Waals surface area (Å²) in [6.45, 7) is 0. The molecular weight excluding hydrogens is 352 g/mol. The molecule has 3 aromatic heterocycles. The zero-order chi connectivity index (χ0) is 17.8. The number of oxazole rings is 1. The Morgan fingerprint density at radius 1 is 1.00 bits per heavy atom. The Morgan fingerprint density at radius 2 is 1.85 bits per heavy atom. The average molecular weight is 368 g/mol. The second kappa shape index (κ2) is 7.53. The summed E-state index contributed by atoms with van der Waals surface area (Å²) in [4.78, 5) is 4.53. The van der Waals surface area contributed by atoms with Crippen molar-refractivity contribution in [3.8, 4) is 28.7 Å². The van der Waals surface area contributed by atoms with Crippen LogP contribution in [0.25, 0.3) is 23.0 Å². The van der Waals surface area contributed by atoms with E-state index in [0.29, 0.717) is 17.4 Å². The highest BCUT2D eigenvalue weighted by atomic mass is 32.2. The standard InChI is InChI=1S/C19H16N2O4S/c1-22-16-6-4-13(5-7-16)19-20-15(10-24-19)12-26-11-14-9-18(25-21-14)17-3-2-8-23-17/h2-10H,11-12H2,1H3. The monoisotopic (exact) mass is 368 g/mol. The Hall–Kier alpha value is -2.93. The van der Waals surface area contributed by atoms with E-state index >= 15 is 0 Å². The third-order valence-corrected chi connectivity index (χ3v) is 4.71. The maximum Gasteiger partial charge on any atom is 0.226 e. The highest BCUT2D eigenvalue weighted by molar-refractivity contribution is 7.97. The van der Waals surface area contributed by atoms with Crippen LogP contribution >= 0.6 is 11.8 Å². The largest absolute Gasteiger partial charge is 0.497 e. The molecule has 0 atom stereocenters. The summed E-state index contributed by atoms with van der Waals surface area (Å²) in [6, 6.07) is 13.2. The molecule has 132 valence electrons. The molecule has 6 nitrogen and oxygen atoms in total. The minimum Gasteiger partial charge on any atom is -0.497 e. The van der Waals surface area contributed by atoms with Gasteiger partial charge in [0.05, 0.1) is 24.8 Å². The molecule has 7 heteroatoms. The van der Waals surface area contributed by atoms with Gasteiger partial charge in [0.1, 0.15) is 12.0 Å². The van der Waals surface area contributed by atoms with Crippen LogP contribution in [0.1, 0.15) is 11.4 Å². The molecule has 0 aliphatic heterocycles. The molecule has 4 rings (SSSR count). The molecule has 0 bridgehead atoms. The molecule has 0 fully saturated rings. The van der Waals surface area contributed by atoms with Gasteiger partial charge in [-0.2, -0.15) is 0 Å². The number of benzene rings is 1. The van der Waals surface area contributed by atoms with E-state index in [1.54, 1.807) is 31.4 Å². The van der Waals surface area contributed by atoms with Crippen LogP contribution in [0, 0.1) is 0 Å². The third kappa shape index (κ3) is 3.67. The van der Waals surface area contributed by atoms with Crippen LogP contribution in [-0.4, -0.2) is 17.3 Å². The smallest absolute Gasteiger partial charge is 0.226 e. The minimum absolute atomic E-state index is 0.602. The van der Waals surface area contributed by atoms with Gasteiger partial charge in [-0.1, -0.05) is 5.16 Å². The summed E-state index contributed by atoms with van der Waals surface area (Å²) in [6.07, 6.45) is 3.29. The second-order valence-electron chi connectivity index (χ2n) is 5.53. The van der Waals surface area contributed by atoms with E-state index in [4.69, 9.17) is 18.1 Å². The number of thioether (sulfide) groups is 1. The lowest BCUT2D eigenvalue weighted by atomic mass is 10.2. The van der Waals surface area contributed by atoms with Crippen LogP contribution in [0.3, 0.4) is 0 Å². The van der Waals surface area contributed by atoms with Crippen LogP contribution in [0.4, 0.5) is 0 Å². The van der Waals surface area contributed by atoms with Crippen LogP contribution in [0.5, 0.6) is 5.75 Å². The van der Waals surface area contributed by atoms with Gasteiger partial charge in [-0.25, -0.2) is 4.98 Å². The molecule has 26 heavy (non-hydrogen) atoms. The average Bonchev–Trinajstić information content (AvgIpc) is 3.43.